The van der Waals surface area contributed by atoms with Crippen molar-refractivity contribution in [3.63, 3.8) is 0 Å². The average molecular weight is 398 g/mol. The van der Waals surface area contributed by atoms with Crippen molar-refractivity contribution in [2.45, 2.75) is 32.6 Å². The normalized spacial score (nSPS) is 10.8. The Morgan fingerprint density at radius 2 is 2.00 bits per heavy atom. The van der Waals surface area contributed by atoms with Crippen LogP contribution in [0.3, 0.4) is 0 Å². The number of benzene rings is 2. The molecule has 0 radical (unpaired) electrons. The third-order valence-corrected chi connectivity index (χ3v) is 5.22. The number of aromatic nitrogens is 1. The number of carboxylic acid groups (broad SMARTS) is 1. The molecule has 0 saturated heterocycles. The number of hydrogen-bond acceptors (Lipinski definition) is 5. The van der Waals surface area contributed by atoms with Crippen molar-refractivity contribution in [2.24, 2.45) is 0 Å². The number of carbonyl (C=O) groups excluding carboxylic acids is 1. The van der Waals surface area contributed by atoms with Crippen LogP contribution in [0.5, 0.6) is 5.75 Å². The Hall–Kier alpha value is -2.93. The number of aliphatic carboxylic acids is 1. The van der Waals surface area contributed by atoms with Gasteiger partial charge in [-0.2, -0.15) is 0 Å². The predicted octanol–water partition coefficient (Wildman–Crippen LogP) is 4.95. The summed E-state index contributed by atoms with van der Waals surface area (Å²) >= 11 is 1.49. The summed E-state index contributed by atoms with van der Waals surface area (Å²) in [5.41, 5.74) is 2.16. The minimum absolute atomic E-state index is 0.0390. The molecular weight excluding hydrogens is 376 g/mol. The number of thiazole rings is 1. The summed E-state index contributed by atoms with van der Waals surface area (Å²) in [5.74, 6) is -0.670. The molecule has 0 aliphatic rings. The van der Waals surface area contributed by atoms with Crippen LogP contribution in [0.4, 0.5) is 5.69 Å². The smallest absolute Gasteiger partial charge is 0.341 e. The molecule has 146 valence electrons. The number of anilines is 1. The lowest BCUT2D eigenvalue weighted by Gasteiger charge is -2.11. The van der Waals surface area contributed by atoms with Crippen LogP contribution in [0.25, 0.3) is 20.8 Å². The van der Waals surface area contributed by atoms with Gasteiger partial charge >= 0.3 is 5.97 Å². The molecular formula is C21H22N2O4S. The Labute approximate surface area is 167 Å². The van der Waals surface area contributed by atoms with E-state index in [4.69, 9.17) is 9.84 Å². The van der Waals surface area contributed by atoms with Crippen LogP contribution in [0.2, 0.25) is 0 Å². The van der Waals surface area contributed by atoms with Crippen LogP contribution in [0.1, 0.15) is 32.6 Å². The van der Waals surface area contributed by atoms with Gasteiger partial charge in [-0.1, -0.05) is 31.9 Å². The number of rotatable bonds is 9. The quantitative estimate of drug-likeness (QED) is 0.498. The second-order valence-electron chi connectivity index (χ2n) is 6.39. The fraction of sp³-hybridized carbons (Fsp3) is 0.286. The summed E-state index contributed by atoms with van der Waals surface area (Å²) < 4.78 is 6.47. The van der Waals surface area contributed by atoms with Crippen molar-refractivity contribution in [3.8, 4) is 16.3 Å². The second-order valence-corrected chi connectivity index (χ2v) is 7.42. The molecule has 0 unspecified atom stereocenters. The summed E-state index contributed by atoms with van der Waals surface area (Å²) in [6.45, 7) is 1.65. The van der Waals surface area contributed by atoms with E-state index >= 15 is 0 Å². The van der Waals surface area contributed by atoms with Crippen molar-refractivity contribution < 1.29 is 19.4 Å². The van der Waals surface area contributed by atoms with Crippen molar-refractivity contribution in [2.75, 3.05) is 11.9 Å². The van der Waals surface area contributed by atoms with Gasteiger partial charge in [0.05, 0.1) is 15.8 Å². The highest BCUT2D eigenvalue weighted by atomic mass is 32.1. The van der Waals surface area contributed by atoms with Gasteiger partial charge in [0, 0.05) is 12.1 Å². The second kappa shape index (κ2) is 9.32. The van der Waals surface area contributed by atoms with Crippen LogP contribution in [0.15, 0.2) is 42.5 Å². The van der Waals surface area contributed by atoms with Gasteiger partial charge in [0.25, 0.3) is 0 Å². The van der Waals surface area contributed by atoms with Crippen molar-refractivity contribution in [1.82, 2.24) is 4.98 Å². The van der Waals surface area contributed by atoms with Crippen LogP contribution >= 0.6 is 11.3 Å². The van der Waals surface area contributed by atoms with Gasteiger partial charge in [0.15, 0.2) is 6.61 Å². The molecule has 0 fully saturated rings. The lowest BCUT2D eigenvalue weighted by molar-refractivity contribution is -0.139. The largest absolute Gasteiger partial charge is 0.481 e. The predicted molar refractivity (Wildman–Crippen MR) is 111 cm³/mol. The molecule has 7 heteroatoms. The van der Waals surface area contributed by atoms with Gasteiger partial charge in [-0.25, -0.2) is 9.78 Å². The van der Waals surface area contributed by atoms with E-state index in [1.165, 1.54) is 11.3 Å². The molecule has 28 heavy (non-hydrogen) atoms. The van der Waals surface area contributed by atoms with E-state index in [2.05, 4.69) is 17.2 Å². The third kappa shape index (κ3) is 5.07. The maximum atomic E-state index is 12.1. The van der Waals surface area contributed by atoms with E-state index in [1.807, 2.05) is 24.3 Å². The summed E-state index contributed by atoms with van der Waals surface area (Å²) in [7, 11) is 0. The number of hydrogen-bond donors (Lipinski definition) is 2. The molecule has 0 aliphatic carbocycles. The first-order chi connectivity index (χ1) is 13.6. The number of carboxylic acids is 1. The highest BCUT2D eigenvalue weighted by molar-refractivity contribution is 7.21. The molecule has 0 spiro atoms. The molecule has 0 bridgehead atoms. The Morgan fingerprint density at radius 3 is 2.75 bits per heavy atom. The zero-order chi connectivity index (χ0) is 19.9. The molecule has 0 atom stereocenters. The SMILES string of the molecule is CCCCCC(=O)Nc1ccc(OCC(=O)O)c(-c2nc3ccccc3s2)c1. The first-order valence-electron chi connectivity index (χ1n) is 9.21. The molecule has 0 saturated carbocycles. The first kappa shape index (κ1) is 19.8. The molecule has 0 aliphatic heterocycles. The zero-order valence-electron chi connectivity index (χ0n) is 15.6. The monoisotopic (exact) mass is 398 g/mol. The van der Waals surface area contributed by atoms with Gasteiger partial charge in [0.2, 0.25) is 5.91 Å². The standard InChI is InChI=1S/C21H22N2O4S/c1-2-3-4-9-19(24)22-14-10-11-17(27-13-20(25)26)15(12-14)21-23-16-7-5-6-8-18(16)28-21/h5-8,10-12H,2-4,9,13H2,1H3,(H,22,24)(H,25,26). The summed E-state index contributed by atoms with van der Waals surface area (Å²) in [5, 5.41) is 12.5. The van der Waals surface area contributed by atoms with Gasteiger partial charge in [-0.15, -0.1) is 11.3 Å². The summed E-state index contributed by atoms with van der Waals surface area (Å²) in [6.07, 6.45) is 3.41. The van der Waals surface area contributed by atoms with Gasteiger partial charge < -0.3 is 15.2 Å². The molecule has 2 aromatic carbocycles. The number of nitrogens with zero attached hydrogens (tertiary/aromatic N) is 1. The molecule has 1 aromatic heterocycles. The maximum absolute atomic E-state index is 12.1. The van der Waals surface area contributed by atoms with Gasteiger partial charge in [0.1, 0.15) is 10.8 Å². The molecule has 3 rings (SSSR count). The lowest BCUT2D eigenvalue weighted by atomic mass is 10.1. The maximum Gasteiger partial charge on any atom is 0.341 e. The fourth-order valence-corrected chi connectivity index (χ4v) is 3.77. The first-order valence-corrected chi connectivity index (χ1v) is 10.0. The van der Waals surface area contributed by atoms with E-state index in [0.29, 0.717) is 28.4 Å². The number of amides is 1. The fourth-order valence-electron chi connectivity index (χ4n) is 2.79. The van der Waals surface area contributed by atoms with E-state index in [-0.39, 0.29) is 5.91 Å². The van der Waals surface area contributed by atoms with Crippen molar-refractivity contribution >= 4 is 39.1 Å². The molecule has 1 heterocycles. The number of carbonyl (C=O) groups is 2. The molecule has 2 N–H and O–H groups in total. The topological polar surface area (TPSA) is 88.5 Å². The van der Waals surface area contributed by atoms with Gasteiger partial charge in [-0.3, -0.25) is 4.79 Å². The summed E-state index contributed by atoms with van der Waals surface area (Å²) in [4.78, 5) is 27.7. The van der Waals surface area contributed by atoms with Crippen molar-refractivity contribution in [1.29, 1.82) is 0 Å². The highest BCUT2D eigenvalue weighted by Crippen LogP contribution is 2.37. The number of nitrogens with one attached hydrogen (secondary N) is 1. The number of fused-ring (bicyclic) bond motifs is 1. The average Bonchev–Trinajstić information content (AvgIpc) is 3.11. The lowest BCUT2D eigenvalue weighted by Crippen LogP contribution is -2.12. The third-order valence-electron chi connectivity index (χ3n) is 4.15. The van der Waals surface area contributed by atoms with E-state index in [0.717, 1.165) is 29.5 Å². The Balaban J connectivity index is 1.89. The molecule has 3 aromatic rings. The Kier molecular flexibility index (Phi) is 6.60. The summed E-state index contributed by atoms with van der Waals surface area (Å²) in [6, 6.07) is 12.9. The molecule has 6 nitrogen and oxygen atoms in total. The van der Waals surface area contributed by atoms with E-state index < -0.39 is 12.6 Å². The van der Waals surface area contributed by atoms with E-state index in [9.17, 15) is 9.59 Å². The van der Waals surface area contributed by atoms with Crippen LogP contribution in [0, 0.1) is 0 Å². The Morgan fingerprint density at radius 1 is 1.18 bits per heavy atom. The number of ether oxygens (including phenoxy) is 1. The highest BCUT2D eigenvalue weighted by Gasteiger charge is 2.15. The van der Waals surface area contributed by atoms with E-state index in [1.54, 1.807) is 18.2 Å². The molecule has 1 amide bonds. The number of para-hydroxylation sites is 1. The Bertz CT molecular complexity index is 950. The minimum atomic E-state index is -1.05. The number of unbranched alkanes of at least 4 members (excludes halogenated alkanes) is 2. The van der Waals surface area contributed by atoms with Crippen LogP contribution in [-0.4, -0.2) is 28.6 Å². The van der Waals surface area contributed by atoms with Crippen molar-refractivity contribution in [3.05, 3.63) is 42.5 Å². The zero-order valence-corrected chi connectivity index (χ0v) is 16.4. The van der Waals surface area contributed by atoms with Crippen LogP contribution in [-0.2, 0) is 9.59 Å². The van der Waals surface area contributed by atoms with Crippen LogP contribution < -0.4 is 10.1 Å². The van der Waals surface area contributed by atoms with Gasteiger partial charge in [-0.05, 0) is 36.8 Å². The minimum Gasteiger partial charge on any atom is -0.481 e.